The molecule has 2 aliphatic heterocycles. The molecule has 5 heteroatoms. The summed E-state index contributed by atoms with van der Waals surface area (Å²) in [5.41, 5.74) is 1.51. The Morgan fingerprint density at radius 2 is 1.88 bits per heavy atom. The summed E-state index contributed by atoms with van der Waals surface area (Å²) in [4.78, 5) is 24.2. The van der Waals surface area contributed by atoms with Gasteiger partial charge in [0.25, 0.3) is 0 Å². The average Bonchev–Trinajstić information content (AvgIpc) is 3.28. The minimum atomic E-state index is -0.472. The van der Waals surface area contributed by atoms with Gasteiger partial charge in [-0.15, -0.1) is 0 Å². The molecule has 0 bridgehead atoms. The van der Waals surface area contributed by atoms with Crippen LogP contribution >= 0.6 is 0 Å². The number of carbonyl (C=O) groups excluding carboxylic acids is 2. The maximum Gasteiger partial charge on any atom is 0.331 e. The number of ketones is 1. The van der Waals surface area contributed by atoms with Gasteiger partial charge in [-0.2, -0.15) is 0 Å². The fourth-order valence-electron chi connectivity index (χ4n) is 3.11. The molecular weight excluding hydrogens is 320 g/mol. The Balaban J connectivity index is 1.64. The highest BCUT2D eigenvalue weighted by Gasteiger charge is 2.31. The first-order chi connectivity index (χ1) is 12.2. The first kappa shape index (κ1) is 15.4. The Labute approximate surface area is 144 Å². The highest BCUT2D eigenvalue weighted by molar-refractivity contribution is 5.96. The zero-order valence-corrected chi connectivity index (χ0v) is 13.4. The molecule has 0 N–H and O–H groups in total. The second kappa shape index (κ2) is 6.43. The lowest BCUT2D eigenvalue weighted by Gasteiger charge is -2.22. The lowest BCUT2D eigenvalue weighted by atomic mass is 9.87. The summed E-state index contributed by atoms with van der Waals surface area (Å²) in [6, 6.07) is 14.7. The largest absolute Gasteiger partial charge is 0.454 e. The Morgan fingerprint density at radius 1 is 1.08 bits per heavy atom. The molecule has 126 valence electrons. The fraction of sp³-hybridized carbons (Fsp3) is 0.200. The summed E-state index contributed by atoms with van der Waals surface area (Å²) in [6.07, 6.45) is 2.86. The summed E-state index contributed by atoms with van der Waals surface area (Å²) in [5, 5.41) is 0. The lowest BCUT2D eigenvalue weighted by molar-refractivity contribution is -0.139. The van der Waals surface area contributed by atoms with E-state index in [9.17, 15) is 9.59 Å². The molecule has 0 aliphatic carbocycles. The Hall–Kier alpha value is -3.08. The maximum absolute atomic E-state index is 12.7. The predicted octanol–water partition coefficient (Wildman–Crippen LogP) is 3.25. The third-order valence-electron chi connectivity index (χ3n) is 4.40. The van der Waals surface area contributed by atoms with Crippen molar-refractivity contribution in [3.8, 4) is 11.5 Å². The SMILES string of the molecule is O=C1C=C[C@@H]([C@@H](CC(=O)c2ccccc2)c2ccc3c(c2)OCO3)O1. The van der Waals surface area contributed by atoms with Crippen LogP contribution in [0.25, 0.3) is 0 Å². The van der Waals surface area contributed by atoms with Crippen molar-refractivity contribution in [1.82, 2.24) is 0 Å². The molecule has 0 spiro atoms. The molecule has 2 aromatic carbocycles. The molecule has 2 atom stereocenters. The van der Waals surface area contributed by atoms with Crippen LogP contribution in [0.4, 0.5) is 0 Å². The summed E-state index contributed by atoms with van der Waals surface area (Å²) in [5.74, 6) is 0.645. The molecule has 0 saturated heterocycles. The van der Waals surface area contributed by atoms with Crippen LogP contribution in [-0.4, -0.2) is 24.6 Å². The number of ether oxygens (including phenoxy) is 3. The zero-order valence-electron chi connectivity index (χ0n) is 13.4. The van der Waals surface area contributed by atoms with Gasteiger partial charge in [-0.25, -0.2) is 4.79 Å². The van der Waals surface area contributed by atoms with Gasteiger partial charge in [0.05, 0.1) is 0 Å². The summed E-state index contributed by atoms with van der Waals surface area (Å²) in [6.45, 7) is 0.185. The molecule has 2 aliphatic rings. The van der Waals surface area contributed by atoms with E-state index in [0.29, 0.717) is 17.1 Å². The van der Waals surface area contributed by atoms with E-state index in [2.05, 4.69) is 0 Å². The van der Waals surface area contributed by atoms with Crippen molar-refractivity contribution in [1.29, 1.82) is 0 Å². The number of hydrogen-bond acceptors (Lipinski definition) is 5. The molecule has 25 heavy (non-hydrogen) atoms. The van der Waals surface area contributed by atoms with Crippen molar-refractivity contribution in [2.75, 3.05) is 6.79 Å². The Bertz CT molecular complexity index is 840. The van der Waals surface area contributed by atoms with Crippen molar-refractivity contribution >= 4 is 11.8 Å². The van der Waals surface area contributed by atoms with Crippen LogP contribution in [0.5, 0.6) is 11.5 Å². The van der Waals surface area contributed by atoms with Crippen molar-refractivity contribution < 1.29 is 23.8 Å². The van der Waals surface area contributed by atoms with E-state index in [1.165, 1.54) is 6.08 Å². The number of Topliss-reactive ketones (excluding diaryl/α,β-unsaturated/α-hetero) is 1. The molecule has 0 radical (unpaired) electrons. The first-order valence-electron chi connectivity index (χ1n) is 8.07. The lowest BCUT2D eigenvalue weighted by Crippen LogP contribution is -2.21. The van der Waals surface area contributed by atoms with Crippen molar-refractivity contribution in [3.05, 3.63) is 71.8 Å². The smallest absolute Gasteiger partial charge is 0.331 e. The van der Waals surface area contributed by atoms with Crippen LogP contribution < -0.4 is 9.47 Å². The summed E-state index contributed by atoms with van der Waals surface area (Å²) in [7, 11) is 0. The molecule has 2 heterocycles. The number of rotatable bonds is 5. The fourth-order valence-corrected chi connectivity index (χ4v) is 3.11. The van der Waals surface area contributed by atoms with E-state index in [-0.39, 0.29) is 30.9 Å². The van der Waals surface area contributed by atoms with E-state index in [1.54, 1.807) is 18.2 Å². The topological polar surface area (TPSA) is 61.8 Å². The van der Waals surface area contributed by atoms with Gasteiger partial charge < -0.3 is 14.2 Å². The molecule has 4 rings (SSSR count). The van der Waals surface area contributed by atoms with E-state index < -0.39 is 6.10 Å². The summed E-state index contributed by atoms with van der Waals surface area (Å²) >= 11 is 0. The number of benzene rings is 2. The first-order valence-corrected chi connectivity index (χ1v) is 8.07. The molecule has 0 amide bonds. The number of esters is 1. The minimum Gasteiger partial charge on any atom is -0.454 e. The van der Waals surface area contributed by atoms with Gasteiger partial charge in [0.15, 0.2) is 17.3 Å². The summed E-state index contributed by atoms with van der Waals surface area (Å²) < 4.78 is 16.1. The van der Waals surface area contributed by atoms with Crippen molar-refractivity contribution in [3.63, 3.8) is 0 Å². The molecule has 0 aromatic heterocycles. The van der Waals surface area contributed by atoms with Crippen LogP contribution in [0.2, 0.25) is 0 Å². The highest BCUT2D eigenvalue weighted by Crippen LogP contribution is 2.38. The van der Waals surface area contributed by atoms with E-state index in [1.807, 2.05) is 36.4 Å². The van der Waals surface area contributed by atoms with Crippen molar-refractivity contribution in [2.24, 2.45) is 0 Å². The van der Waals surface area contributed by atoms with Gasteiger partial charge in [0.1, 0.15) is 6.10 Å². The zero-order chi connectivity index (χ0) is 17.2. The molecular formula is C20H16O5. The normalized spacial score (nSPS) is 18.9. The van der Waals surface area contributed by atoms with E-state index in [4.69, 9.17) is 14.2 Å². The number of fused-ring (bicyclic) bond motifs is 1. The van der Waals surface area contributed by atoms with Crippen LogP contribution in [0.3, 0.4) is 0 Å². The number of hydrogen-bond donors (Lipinski definition) is 0. The second-order valence-electron chi connectivity index (χ2n) is 5.97. The molecule has 5 nitrogen and oxygen atoms in total. The van der Waals surface area contributed by atoms with Crippen molar-refractivity contribution in [2.45, 2.75) is 18.4 Å². The van der Waals surface area contributed by atoms with Gasteiger partial charge in [-0.05, 0) is 23.8 Å². The standard InChI is InChI=1S/C20H16O5/c21-16(13-4-2-1-3-5-13)11-15(17-8-9-20(22)25-17)14-6-7-18-19(10-14)24-12-23-18/h1-10,15,17H,11-12H2/t15-,17-/m0/s1. The second-order valence-corrected chi connectivity index (χ2v) is 5.97. The number of cyclic esters (lactones) is 1. The highest BCUT2D eigenvalue weighted by atomic mass is 16.7. The Morgan fingerprint density at radius 3 is 2.64 bits per heavy atom. The third kappa shape index (κ3) is 3.13. The van der Waals surface area contributed by atoms with Gasteiger partial charge in [0.2, 0.25) is 6.79 Å². The minimum absolute atomic E-state index is 0.000356. The maximum atomic E-state index is 12.7. The average molecular weight is 336 g/mol. The van der Waals surface area contributed by atoms with Gasteiger partial charge in [0, 0.05) is 24.0 Å². The number of carbonyl (C=O) groups is 2. The van der Waals surface area contributed by atoms with E-state index in [0.717, 1.165) is 5.56 Å². The quantitative estimate of drug-likeness (QED) is 0.619. The Kier molecular flexibility index (Phi) is 3.98. The van der Waals surface area contributed by atoms with Crippen LogP contribution in [-0.2, 0) is 9.53 Å². The third-order valence-corrected chi connectivity index (χ3v) is 4.40. The van der Waals surface area contributed by atoms with Gasteiger partial charge in [-0.3, -0.25) is 4.79 Å². The molecule has 0 saturated carbocycles. The monoisotopic (exact) mass is 336 g/mol. The van der Waals surface area contributed by atoms with Crippen LogP contribution in [0.1, 0.15) is 28.3 Å². The van der Waals surface area contributed by atoms with Gasteiger partial charge >= 0.3 is 5.97 Å². The van der Waals surface area contributed by atoms with Crippen LogP contribution in [0.15, 0.2) is 60.7 Å². The van der Waals surface area contributed by atoms with E-state index >= 15 is 0 Å². The van der Waals surface area contributed by atoms with Crippen LogP contribution in [0, 0.1) is 0 Å². The molecule has 0 fully saturated rings. The predicted molar refractivity (Wildman–Crippen MR) is 89.7 cm³/mol. The molecule has 0 unspecified atom stereocenters. The van der Waals surface area contributed by atoms with Gasteiger partial charge in [-0.1, -0.05) is 36.4 Å². The molecule has 2 aromatic rings.